The first kappa shape index (κ1) is 32.1. The standard InChI is InChI=1S/C15H31O3P.C9H21NO/c1-2-3-4-5-6-7-8-9-10-11-13-18-14-12-15-19(16)17;1-4-6-10(7-5-2)8-9(3)11/h2-15H2,1H3;9,11H,4-8H2,1-3H3/p+1. The molecule has 0 aromatic carbocycles. The van der Waals surface area contributed by atoms with Crippen molar-refractivity contribution < 1.29 is 19.3 Å². The van der Waals surface area contributed by atoms with Crippen LogP contribution in [0.2, 0.25) is 0 Å². The van der Waals surface area contributed by atoms with Gasteiger partial charge in [-0.1, -0.05) is 78.6 Å². The largest absolute Gasteiger partial charge is 0.505 e. The lowest BCUT2D eigenvalue weighted by atomic mass is 10.1. The van der Waals surface area contributed by atoms with Crippen LogP contribution in [0.4, 0.5) is 0 Å². The van der Waals surface area contributed by atoms with E-state index in [2.05, 4.69) is 25.7 Å². The Morgan fingerprint density at radius 2 is 1.23 bits per heavy atom. The van der Waals surface area contributed by atoms with Crippen molar-refractivity contribution in [2.45, 2.75) is 117 Å². The SMILES string of the molecule is CCCCCCCCCCCCOCCC[P+](=O)O.CCCN(CCC)CC(C)O. The Morgan fingerprint density at radius 1 is 0.767 bits per heavy atom. The average Bonchev–Trinajstić information content (AvgIpc) is 2.68. The minimum absolute atomic E-state index is 0.187. The summed E-state index contributed by atoms with van der Waals surface area (Å²) in [5, 5.41) is 9.13. The first-order chi connectivity index (χ1) is 14.5. The molecule has 5 nitrogen and oxygen atoms in total. The number of unbranched alkanes of at least 4 members (excludes halogenated alkanes) is 9. The van der Waals surface area contributed by atoms with E-state index in [9.17, 15) is 4.57 Å². The molecule has 0 bridgehead atoms. The van der Waals surface area contributed by atoms with Crippen LogP contribution >= 0.6 is 8.03 Å². The van der Waals surface area contributed by atoms with Crippen LogP contribution in [0, 0.1) is 0 Å². The Hall–Kier alpha value is -0.0600. The number of rotatable bonds is 21. The summed E-state index contributed by atoms with van der Waals surface area (Å²) in [5.74, 6) is 0. The van der Waals surface area contributed by atoms with Crippen LogP contribution in [0.1, 0.15) is 111 Å². The van der Waals surface area contributed by atoms with Crippen LogP contribution in [0.25, 0.3) is 0 Å². The van der Waals surface area contributed by atoms with Gasteiger partial charge in [-0.05, 0) is 43.8 Å². The lowest BCUT2D eigenvalue weighted by Crippen LogP contribution is -2.32. The highest BCUT2D eigenvalue weighted by atomic mass is 31.1. The molecule has 30 heavy (non-hydrogen) atoms. The van der Waals surface area contributed by atoms with Crippen molar-refractivity contribution in [3.05, 3.63) is 0 Å². The molecule has 0 rings (SSSR count). The molecule has 2 unspecified atom stereocenters. The molecule has 0 aliphatic heterocycles. The topological polar surface area (TPSA) is 70.0 Å². The molecule has 0 aromatic heterocycles. The predicted octanol–water partition coefficient (Wildman–Crippen LogP) is 6.54. The van der Waals surface area contributed by atoms with Crippen LogP contribution in [0.3, 0.4) is 0 Å². The van der Waals surface area contributed by atoms with Crippen molar-refractivity contribution in [1.82, 2.24) is 4.90 Å². The molecule has 2 atom stereocenters. The average molecular weight is 451 g/mol. The van der Waals surface area contributed by atoms with Gasteiger partial charge in [-0.2, -0.15) is 4.89 Å². The third-order valence-electron chi connectivity index (χ3n) is 4.88. The summed E-state index contributed by atoms with van der Waals surface area (Å²) in [6.07, 6.45) is 16.6. The maximum Gasteiger partial charge on any atom is 0.505 e. The van der Waals surface area contributed by atoms with Crippen LogP contribution in [-0.4, -0.2) is 60.0 Å². The van der Waals surface area contributed by atoms with Crippen LogP contribution in [-0.2, 0) is 9.30 Å². The smallest absolute Gasteiger partial charge is 0.392 e. The summed E-state index contributed by atoms with van der Waals surface area (Å²) in [6, 6.07) is 0. The van der Waals surface area contributed by atoms with E-state index >= 15 is 0 Å². The highest BCUT2D eigenvalue weighted by Gasteiger charge is 2.07. The van der Waals surface area contributed by atoms with E-state index in [-0.39, 0.29) is 6.10 Å². The molecule has 0 aliphatic rings. The number of aliphatic hydroxyl groups is 1. The molecule has 0 saturated heterocycles. The third kappa shape index (κ3) is 30.1. The summed E-state index contributed by atoms with van der Waals surface area (Å²) >= 11 is 0. The summed E-state index contributed by atoms with van der Waals surface area (Å²) in [7, 11) is -1.97. The lowest BCUT2D eigenvalue weighted by molar-refractivity contribution is 0.126. The van der Waals surface area contributed by atoms with E-state index in [1.807, 2.05) is 6.92 Å². The second kappa shape index (κ2) is 27.0. The Kier molecular flexibility index (Phi) is 28.9. The molecule has 182 valence electrons. The fourth-order valence-corrected chi connectivity index (χ4v) is 3.80. The second-order valence-corrected chi connectivity index (χ2v) is 9.52. The minimum atomic E-state index is -1.97. The highest BCUT2D eigenvalue weighted by molar-refractivity contribution is 7.37. The van der Waals surface area contributed by atoms with Crippen molar-refractivity contribution in [3.63, 3.8) is 0 Å². The van der Waals surface area contributed by atoms with Gasteiger partial charge in [-0.3, -0.25) is 0 Å². The normalized spacial score (nSPS) is 12.6. The molecule has 0 radical (unpaired) electrons. The van der Waals surface area contributed by atoms with Gasteiger partial charge in [0.2, 0.25) is 0 Å². The zero-order valence-electron chi connectivity index (χ0n) is 20.6. The molecule has 0 spiro atoms. The van der Waals surface area contributed by atoms with Gasteiger partial charge in [0.05, 0.1) is 12.7 Å². The molecule has 2 N–H and O–H groups in total. The Balaban J connectivity index is 0. The highest BCUT2D eigenvalue weighted by Crippen LogP contribution is 2.13. The molecule has 0 fully saturated rings. The monoisotopic (exact) mass is 450 g/mol. The van der Waals surface area contributed by atoms with E-state index in [1.54, 1.807) is 0 Å². The van der Waals surface area contributed by atoms with Gasteiger partial charge in [-0.25, -0.2) is 0 Å². The van der Waals surface area contributed by atoms with Crippen LogP contribution in [0.15, 0.2) is 0 Å². The summed E-state index contributed by atoms with van der Waals surface area (Å²) < 4.78 is 15.8. The number of aliphatic hydroxyl groups excluding tert-OH is 1. The van der Waals surface area contributed by atoms with E-state index in [4.69, 9.17) is 14.7 Å². The van der Waals surface area contributed by atoms with Crippen LogP contribution < -0.4 is 0 Å². The zero-order chi connectivity index (χ0) is 22.9. The van der Waals surface area contributed by atoms with Crippen molar-refractivity contribution in [1.29, 1.82) is 0 Å². The van der Waals surface area contributed by atoms with Gasteiger partial charge in [0.1, 0.15) is 0 Å². The van der Waals surface area contributed by atoms with Gasteiger partial charge < -0.3 is 14.7 Å². The van der Waals surface area contributed by atoms with Crippen molar-refractivity contribution in [2.75, 3.05) is 39.0 Å². The number of hydrogen-bond donors (Lipinski definition) is 2. The molecular formula is C24H53NO4P+. The molecule has 0 saturated carbocycles. The molecule has 0 aromatic rings. The van der Waals surface area contributed by atoms with Crippen LogP contribution in [0.5, 0.6) is 0 Å². The lowest BCUT2D eigenvalue weighted by Gasteiger charge is -2.22. The van der Waals surface area contributed by atoms with Gasteiger partial charge in [0.15, 0.2) is 6.16 Å². The van der Waals surface area contributed by atoms with Gasteiger partial charge in [0, 0.05) is 19.6 Å². The van der Waals surface area contributed by atoms with E-state index in [0.717, 1.165) is 32.7 Å². The number of nitrogens with zero attached hydrogens (tertiary/aromatic N) is 1. The molecule has 0 amide bonds. The van der Waals surface area contributed by atoms with Crippen molar-refractivity contribution in [3.8, 4) is 0 Å². The predicted molar refractivity (Wildman–Crippen MR) is 131 cm³/mol. The molecular weight excluding hydrogens is 397 g/mol. The first-order valence-electron chi connectivity index (χ1n) is 12.6. The Labute approximate surface area is 188 Å². The maximum atomic E-state index is 10.4. The van der Waals surface area contributed by atoms with Gasteiger partial charge in [-0.15, -0.1) is 0 Å². The van der Waals surface area contributed by atoms with Crippen molar-refractivity contribution >= 4 is 8.03 Å². The Bertz CT molecular complexity index is 337. The van der Waals surface area contributed by atoms with E-state index < -0.39 is 8.03 Å². The first-order valence-corrected chi connectivity index (χ1v) is 14.0. The Morgan fingerprint density at radius 3 is 1.67 bits per heavy atom. The van der Waals surface area contributed by atoms with Crippen molar-refractivity contribution in [2.24, 2.45) is 0 Å². The summed E-state index contributed by atoms with van der Waals surface area (Å²) in [4.78, 5) is 10.9. The number of ether oxygens (including phenoxy) is 1. The quantitative estimate of drug-likeness (QED) is 0.153. The molecule has 0 aliphatic carbocycles. The molecule has 6 heteroatoms. The number of hydrogen-bond acceptors (Lipinski definition) is 4. The minimum Gasteiger partial charge on any atom is -0.392 e. The summed E-state index contributed by atoms with van der Waals surface area (Å²) in [6.45, 7) is 12.9. The zero-order valence-corrected chi connectivity index (χ0v) is 21.5. The maximum absolute atomic E-state index is 10.4. The fourth-order valence-electron chi connectivity index (χ4n) is 3.40. The van der Waals surface area contributed by atoms with E-state index in [0.29, 0.717) is 19.2 Å². The fraction of sp³-hybridized carbons (Fsp3) is 1.00. The molecule has 0 heterocycles. The second-order valence-electron chi connectivity index (χ2n) is 8.37. The summed E-state index contributed by atoms with van der Waals surface area (Å²) in [5.41, 5.74) is 0. The van der Waals surface area contributed by atoms with Gasteiger partial charge in [0.25, 0.3) is 0 Å². The third-order valence-corrected chi connectivity index (χ3v) is 5.58. The van der Waals surface area contributed by atoms with Gasteiger partial charge >= 0.3 is 8.03 Å². The van der Waals surface area contributed by atoms with E-state index in [1.165, 1.54) is 70.6 Å².